The fourth-order valence-electron chi connectivity index (χ4n) is 9.37. The second-order valence-electron chi connectivity index (χ2n) is 14.6. The number of para-hydroxylation sites is 2. The SMILES string of the molecule is C1=CC2C3=C(CCC=C3)N(c3cc(C4=NC(C5=CCCC5)N=C(C5CCCCC5)N4)cc(-n4c5ccccc5c5ccccc54)c3)C2C=C1. The molecule has 5 heteroatoms. The van der Waals surface area contributed by atoms with Crippen molar-refractivity contribution >= 4 is 39.2 Å². The Hall–Kier alpha value is -4.90. The van der Waals surface area contributed by atoms with Crippen LogP contribution in [0.15, 0.2) is 136 Å². The maximum absolute atomic E-state index is 5.43. The average Bonchev–Trinajstić information content (AvgIpc) is 3.91. The molecule has 3 heterocycles. The Balaban J connectivity index is 1.18. The van der Waals surface area contributed by atoms with Crippen molar-refractivity contribution in [2.45, 2.75) is 76.4 Å². The number of aromatic nitrogens is 1. The standard InChI is InChI=1S/C44H43N5/c1-2-14-29(15-3-1)42-45-43(30-16-4-5-17-30)47-44(46-42)31-26-32(48-38-22-10-6-18-34(38)35-19-7-11-23-39(35)48)28-33(27-31)49-40-24-12-8-20-36(40)37-21-9-13-25-41(37)49/h6-12,16,18-24,26-29,36,40,43H,1-5,13-15,17,25H2,(H,45,46,47). The summed E-state index contributed by atoms with van der Waals surface area (Å²) in [7, 11) is 0. The number of amidine groups is 2. The number of nitrogens with zero attached hydrogens (tertiary/aromatic N) is 4. The second-order valence-corrected chi connectivity index (χ2v) is 14.6. The van der Waals surface area contributed by atoms with E-state index in [-0.39, 0.29) is 12.2 Å². The zero-order chi connectivity index (χ0) is 32.3. The van der Waals surface area contributed by atoms with E-state index < -0.39 is 0 Å². The van der Waals surface area contributed by atoms with E-state index >= 15 is 0 Å². The van der Waals surface area contributed by atoms with Gasteiger partial charge in [-0.2, -0.15) is 0 Å². The molecular formula is C44H43N5. The Morgan fingerprint density at radius 2 is 1.51 bits per heavy atom. The van der Waals surface area contributed by atoms with Crippen LogP contribution in [0.4, 0.5) is 5.69 Å². The van der Waals surface area contributed by atoms with Gasteiger partial charge in [0.15, 0.2) is 6.17 Å². The van der Waals surface area contributed by atoms with E-state index in [4.69, 9.17) is 9.98 Å². The third-order valence-electron chi connectivity index (χ3n) is 11.7. The number of benzene rings is 3. The summed E-state index contributed by atoms with van der Waals surface area (Å²) in [6.45, 7) is 0. The Labute approximate surface area is 288 Å². The Morgan fingerprint density at radius 1 is 0.735 bits per heavy atom. The highest BCUT2D eigenvalue weighted by atomic mass is 15.2. The normalized spacial score (nSPS) is 25.0. The number of hydrogen-bond acceptors (Lipinski definition) is 4. The van der Waals surface area contributed by atoms with E-state index in [1.54, 1.807) is 0 Å². The first-order valence-corrected chi connectivity index (χ1v) is 18.6. The summed E-state index contributed by atoms with van der Waals surface area (Å²) in [4.78, 5) is 13.4. The number of allylic oxidation sites excluding steroid dienone is 6. The van der Waals surface area contributed by atoms with Crippen LogP contribution in [0.25, 0.3) is 27.5 Å². The van der Waals surface area contributed by atoms with Crippen molar-refractivity contribution in [3.05, 3.63) is 132 Å². The lowest BCUT2D eigenvalue weighted by Crippen LogP contribution is -2.42. The highest BCUT2D eigenvalue weighted by molar-refractivity contribution is 6.13. The average molecular weight is 642 g/mol. The van der Waals surface area contributed by atoms with Gasteiger partial charge in [0.05, 0.1) is 17.1 Å². The summed E-state index contributed by atoms with van der Waals surface area (Å²) >= 11 is 0. The van der Waals surface area contributed by atoms with Crippen LogP contribution in [0.2, 0.25) is 0 Å². The van der Waals surface area contributed by atoms with E-state index in [1.807, 2.05) is 0 Å². The van der Waals surface area contributed by atoms with Gasteiger partial charge in [0.25, 0.3) is 0 Å². The summed E-state index contributed by atoms with van der Waals surface area (Å²) < 4.78 is 2.47. The van der Waals surface area contributed by atoms with Gasteiger partial charge in [-0.1, -0.05) is 98.2 Å². The molecule has 0 bridgehead atoms. The molecule has 49 heavy (non-hydrogen) atoms. The highest BCUT2D eigenvalue weighted by Gasteiger charge is 2.39. The third-order valence-corrected chi connectivity index (χ3v) is 11.7. The van der Waals surface area contributed by atoms with Crippen molar-refractivity contribution in [2.24, 2.45) is 21.8 Å². The van der Waals surface area contributed by atoms with Crippen molar-refractivity contribution in [2.75, 3.05) is 4.90 Å². The minimum atomic E-state index is -0.128. The maximum atomic E-state index is 5.43. The minimum absolute atomic E-state index is 0.128. The number of nitrogens with one attached hydrogen (secondary N) is 1. The van der Waals surface area contributed by atoms with Gasteiger partial charge in [0, 0.05) is 45.2 Å². The third kappa shape index (κ3) is 4.88. The first-order valence-electron chi connectivity index (χ1n) is 18.6. The molecule has 4 aliphatic carbocycles. The minimum Gasteiger partial charge on any atom is -0.337 e. The molecule has 3 atom stereocenters. The van der Waals surface area contributed by atoms with E-state index in [0.717, 1.165) is 42.9 Å². The second kappa shape index (κ2) is 11.9. The van der Waals surface area contributed by atoms with Gasteiger partial charge in [0.1, 0.15) is 11.7 Å². The zero-order valence-corrected chi connectivity index (χ0v) is 28.1. The van der Waals surface area contributed by atoms with Gasteiger partial charge < -0.3 is 14.8 Å². The van der Waals surface area contributed by atoms with Crippen molar-refractivity contribution in [3.63, 3.8) is 0 Å². The van der Waals surface area contributed by atoms with Gasteiger partial charge in [-0.15, -0.1) is 0 Å². The molecule has 4 aromatic rings. The Morgan fingerprint density at radius 3 is 2.31 bits per heavy atom. The number of aliphatic imine (C=N–C) groups is 2. The van der Waals surface area contributed by atoms with Crippen LogP contribution >= 0.6 is 0 Å². The van der Waals surface area contributed by atoms with E-state index in [0.29, 0.717) is 11.8 Å². The molecule has 5 nitrogen and oxygen atoms in total. The summed E-state index contributed by atoms with van der Waals surface area (Å²) in [6, 6.07) is 25.2. The van der Waals surface area contributed by atoms with E-state index in [9.17, 15) is 0 Å². The molecule has 3 unspecified atom stereocenters. The van der Waals surface area contributed by atoms with Crippen LogP contribution in [-0.4, -0.2) is 28.4 Å². The monoisotopic (exact) mass is 641 g/mol. The molecule has 1 fully saturated rings. The van der Waals surface area contributed by atoms with Crippen molar-refractivity contribution in [1.82, 2.24) is 9.88 Å². The summed E-state index contributed by atoms with van der Waals surface area (Å²) in [5, 5.41) is 6.43. The summed E-state index contributed by atoms with van der Waals surface area (Å²) in [6.07, 6.45) is 28.1. The molecule has 1 N–H and O–H groups in total. The van der Waals surface area contributed by atoms with Gasteiger partial charge in [-0.25, -0.2) is 9.98 Å². The topological polar surface area (TPSA) is 44.9 Å². The number of rotatable bonds is 5. The Kier molecular flexibility index (Phi) is 7.06. The van der Waals surface area contributed by atoms with Crippen LogP contribution in [0.3, 0.4) is 0 Å². The van der Waals surface area contributed by atoms with Crippen LogP contribution in [0.5, 0.6) is 0 Å². The molecule has 0 radical (unpaired) electrons. The number of anilines is 1. The van der Waals surface area contributed by atoms with Gasteiger partial charge in [-0.3, -0.25) is 0 Å². The fourth-order valence-corrected chi connectivity index (χ4v) is 9.37. The molecular weight excluding hydrogens is 599 g/mol. The lowest BCUT2D eigenvalue weighted by molar-refractivity contribution is 0.432. The van der Waals surface area contributed by atoms with E-state index in [2.05, 4.69) is 124 Å². The molecule has 0 spiro atoms. The molecule has 1 saturated carbocycles. The summed E-state index contributed by atoms with van der Waals surface area (Å²) in [5.41, 5.74) is 10.3. The van der Waals surface area contributed by atoms with Gasteiger partial charge in [0.2, 0.25) is 0 Å². The zero-order valence-electron chi connectivity index (χ0n) is 28.1. The van der Waals surface area contributed by atoms with Crippen molar-refractivity contribution in [1.29, 1.82) is 0 Å². The smallest absolute Gasteiger partial charge is 0.165 e. The number of hydrogen-bond donors (Lipinski definition) is 1. The van der Waals surface area contributed by atoms with Gasteiger partial charge in [-0.05, 0) is 86.4 Å². The molecule has 0 amide bonds. The first kappa shape index (κ1) is 29.1. The molecule has 10 rings (SSSR count). The van der Waals surface area contributed by atoms with Crippen molar-refractivity contribution in [3.8, 4) is 5.69 Å². The molecule has 6 aliphatic rings. The fraction of sp³-hybridized carbons (Fsp3) is 0.318. The first-order chi connectivity index (χ1) is 24.3. The lowest BCUT2D eigenvalue weighted by Gasteiger charge is -2.33. The van der Waals surface area contributed by atoms with E-state index in [1.165, 1.54) is 88.5 Å². The number of fused-ring (bicyclic) bond motifs is 5. The molecule has 3 aromatic carbocycles. The quantitative estimate of drug-likeness (QED) is 0.221. The van der Waals surface area contributed by atoms with Crippen LogP contribution in [0, 0.1) is 11.8 Å². The predicted molar refractivity (Wildman–Crippen MR) is 204 cm³/mol. The summed E-state index contributed by atoms with van der Waals surface area (Å²) in [5.74, 6) is 2.95. The van der Waals surface area contributed by atoms with Crippen molar-refractivity contribution < 1.29 is 0 Å². The van der Waals surface area contributed by atoms with Crippen LogP contribution in [-0.2, 0) is 0 Å². The van der Waals surface area contributed by atoms with Crippen LogP contribution < -0.4 is 10.2 Å². The maximum Gasteiger partial charge on any atom is 0.165 e. The molecule has 244 valence electrons. The highest BCUT2D eigenvalue weighted by Crippen LogP contribution is 2.46. The molecule has 2 aliphatic heterocycles. The molecule has 0 saturated heterocycles. The largest absolute Gasteiger partial charge is 0.337 e. The molecule has 1 aromatic heterocycles. The van der Waals surface area contributed by atoms with Crippen LogP contribution in [0.1, 0.15) is 69.8 Å². The van der Waals surface area contributed by atoms with Gasteiger partial charge >= 0.3 is 0 Å². The predicted octanol–water partition coefficient (Wildman–Crippen LogP) is 10.1. The Bertz CT molecular complexity index is 2140. The lowest BCUT2D eigenvalue weighted by atomic mass is 9.88.